The lowest BCUT2D eigenvalue weighted by Gasteiger charge is -2.14. The summed E-state index contributed by atoms with van der Waals surface area (Å²) in [6.45, 7) is 2.69. The van der Waals surface area contributed by atoms with E-state index in [1.807, 2.05) is 36.5 Å². The maximum atomic E-state index is 5.88. The van der Waals surface area contributed by atoms with Gasteiger partial charge in [0.15, 0.2) is 0 Å². The third-order valence-electron chi connectivity index (χ3n) is 2.95. The molecule has 1 aromatic carbocycles. The van der Waals surface area contributed by atoms with E-state index in [4.69, 9.17) is 5.73 Å². The van der Waals surface area contributed by atoms with Crippen LogP contribution in [0, 0.1) is 6.92 Å². The molecule has 0 aliphatic rings. The fourth-order valence-electron chi connectivity index (χ4n) is 1.93. The molecule has 0 amide bonds. The van der Waals surface area contributed by atoms with Crippen molar-refractivity contribution in [2.45, 2.75) is 17.9 Å². The summed E-state index contributed by atoms with van der Waals surface area (Å²) < 4.78 is 1.93. The molecule has 0 fully saturated rings. The van der Waals surface area contributed by atoms with Crippen LogP contribution in [0.4, 0.5) is 0 Å². The molecule has 4 heteroatoms. The van der Waals surface area contributed by atoms with E-state index in [1.165, 1.54) is 10.6 Å². The average molecular weight is 261 g/mol. The number of aromatic nitrogens is 2. The first-order valence-electron chi connectivity index (χ1n) is 6.09. The minimum atomic E-state index is 0.395. The smallest absolute Gasteiger partial charge is 0.0939 e. The molecule has 3 nitrogen and oxygen atoms in total. The Morgan fingerprint density at radius 2 is 2.06 bits per heavy atom. The topological polar surface area (TPSA) is 43.8 Å². The lowest BCUT2D eigenvalue weighted by Crippen LogP contribution is -2.14. The molecule has 18 heavy (non-hydrogen) atoms. The van der Waals surface area contributed by atoms with E-state index >= 15 is 0 Å². The van der Waals surface area contributed by atoms with Crippen molar-refractivity contribution in [3.05, 3.63) is 47.7 Å². The standard InChI is InChI=1S/C14H19N3S/c1-11-8-14(17(2)16-11)18-10-13(9-15)12-6-4-3-5-7-12/h3-8,13H,9-10,15H2,1-2H3. The van der Waals surface area contributed by atoms with Crippen LogP contribution in [-0.2, 0) is 7.05 Å². The van der Waals surface area contributed by atoms with Crippen LogP contribution >= 0.6 is 11.8 Å². The van der Waals surface area contributed by atoms with Gasteiger partial charge in [0, 0.05) is 18.7 Å². The molecule has 0 bridgehead atoms. The van der Waals surface area contributed by atoms with Crippen LogP contribution in [0.2, 0.25) is 0 Å². The average Bonchev–Trinajstić information content (AvgIpc) is 2.70. The van der Waals surface area contributed by atoms with Gasteiger partial charge in [0.25, 0.3) is 0 Å². The first-order chi connectivity index (χ1) is 8.70. The highest BCUT2D eigenvalue weighted by Gasteiger charge is 2.11. The number of hydrogen-bond acceptors (Lipinski definition) is 3. The molecule has 1 aromatic heterocycles. The summed E-state index contributed by atoms with van der Waals surface area (Å²) in [5.74, 6) is 1.38. The van der Waals surface area contributed by atoms with Crippen molar-refractivity contribution in [3.8, 4) is 0 Å². The van der Waals surface area contributed by atoms with E-state index in [9.17, 15) is 0 Å². The lowest BCUT2D eigenvalue weighted by molar-refractivity contribution is 0.690. The largest absolute Gasteiger partial charge is 0.330 e. The molecule has 96 valence electrons. The Labute approximate surface area is 112 Å². The van der Waals surface area contributed by atoms with Crippen molar-refractivity contribution in [2.24, 2.45) is 12.8 Å². The summed E-state index contributed by atoms with van der Waals surface area (Å²) in [5.41, 5.74) is 8.25. The molecule has 1 atom stereocenters. The molecule has 1 unspecified atom stereocenters. The fourth-order valence-corrected chi connectivity index (χ4v) is 3.12. The second-order valence-electron chi connectivity index (χ2n) is 4.40. The highest BCUT2D eigenvalue weighted by atomic mass is 32.2. The van der Waals surface area contributed by atoms with E-state index in [2.05, 4.69) is 35.4 Å². The Morgan fingerprint density at radius 3 is 2.61 bits per heavy atom. The predicted octanol–water partition coefficient (Wildman–Crippen LogP) is 2.56. The van der Waals surface area contributed by atoms with Gasteiger partial charge in [-0.1, -0.05) is 30.3 Å². The summed E-state index contributed by atoms with van der Waals surface area (Å²) in [4.78, 5) is 0. The van der Waals surface area contributed by atoms with Gasteiger partial charge >= 0.3 is 0 Å². The molecule has 0 radical (unpaired) electrons. The van der Waals surface area contributed by atoms with Gasteiger partial charge in [0.2, 0.25) is 0 Å². The summed E-state index contributed by atoms with van der Waals surface area (Å²) in [6.07, 6.45) is 0. The van der Waals surface area contributed by atoms with Crippen molar-refractivity contribution >= 4 is 11.8 Å². The molecule has 0 spiro atoms. The molecule has 0 aliphatic heterocycles. The van der Waals surface area contributed by atoms with Crippen molar-refractivity contribution in [2.75, 3.05) is 12.3 Å². The van der Waals surface area contributed by atoms with Gasteiger partial charge in [-0.2, -0.15) is 5.10 Å². The Morgan fingerprint density at radius 1 is 1.33 bits per heavy atom. The molecule has 2 rings (SSSR count). The predicted molar refractivity (Wildman–Crippen MR) is 76.9 cm³/mol. The van der Waals surface area contributed by atoms with Crippen LogP contribution in [-0.4, -0.2) is 22.1 Å². The molecular weight excluding hydrogens is 242 g/mol. The Kier molecular flexibility index (Phi) is 4.44. The lowest BCUT2D eigenvalue weighted by atomic mass is 10.0. The van der Waals surface area contributed by atoms with Crippen molar-refractivity contribution in [1.82, 2.24) is 9.78 Å². The van der Waals surface area contributed by atoms with E-state index in [1.54, 1.807) is 0 Å². The van der Waals surface area contributed by atoms with Gasteiger partial charge in [-0.05, 0) is 25.1 Å². The molecule has 0 aliphatic carbocycles. The third kappa shape index (κ3) is 3.15. The van der Waals surface area contributed by atoms with Gasteiger partial charge in [-0.25, -0.2) is 0 Å². The second-order valence-corrected chi connectivity index (χ2v) is 5.44. The molecular formula is C14H19N3S. The van der Waals surface area contributed by atoms with Crippen molar-refractivity contribution < 1.29 is 0 Å². The van der Waals surface area contributed by atoms with Crippen LogP contribution in [0.3, 0.4) is 0 Å². The first kappa shape index (κ1) is 13.2. The summed E-state index contributed by atoms with van der Waals surface area (Å²) in [6, 6.07) is 12.6. The Balaban J connectivity index is 2.02. The van der Waals surface area contributed by atoms with Crippen LogP contribution in [0.1, 0.15) is 17.2 Å². The Bertz CT molecular complexity index is 493. The summed E-state index contributed by atoms with van der Waals surface area (Å²) in [5, 5.41) is 5.55. The quantitative estimate of drug-likeness (QED) is 0.841. The number of nitrogens with zero attached hydrogens (tertiary/aromatic N) is 2. The monoisotopic (exact) mass is 261 g/mol. The van der Waals surface area contributed by atoms with Crippen molar-refractivity contribution in [3.63, 3.8) is 0 Å². The molecule has 1 heterocycles. The number of nitrogens with two attached hydrogens (primary N) is 1. The third-order valence-corrected chi connectivity index (χ3v) is 4.19. The molecule has 2 aromatic rings. The van der Waals surface area contributed by atoms with Crippen LogP contribution in [0.25, 0.3) is 0 Å². The number of thioether (sulfide) groups is 1. The van der Waals surface area contributed by atoms with E-state index < -0.39 is 0 Å². The highest BCUT2D eigenvalue weighted by Crippen LogP contribution is 2.25. The van der Waals surface area contributed by atoms with Gasteiger partial charge in [0.05, 0.1) is 10.7 Å². The summed E-state index contributed by atoms with van der Waals surface area (Å²) in [7, 11) is 1.98. The van der Waals surface area contributed by atoms with Crippen molar-refractivity contribution in [1.29, 1.82) is 0 Å². The van der Waals surface area contributed by atoms with Gasteiger partial charge in [-0.3, -0.25) is 4.68 Å². The van der Waals surface area contributed by atoms with Crippen LogP contribution in [0.15, 0.2) is 41.4 Å². The zero-order valence-corrected chi connectivity index (χ0v) is 11.7. The minimum absolute atomic E-state index is 0.395. The van der Waals surface area contributed by atoms with Crippen LogP contribution < -0.4 is 5.73 Å². The number of hydrogen-bond donors (Lipinski definition) is 1. The van der Waals surface area contributed by atoms with Crippen LogP contribution in [0.5, 0.6) is 0 Å². The molecule has 0 saturated carbocycles. The second kappa shape index (κ2) is 6.07. The van der Waals surface area contributed by atoms with Gasteiger partial charge in [0.1, 0.15) is 0 Å². The maximum Gasteiger partial charge on any atom is 0.0939 e. The van der Waals surface area contributed by atoms with Gasteiger partial charge < -0.3 is 5.73 Å². The van der Waals surface area contributed by atoms with E-state index in [0.717, 1.165) is 11.4 Å². The molecule has 0 saturated heterocycles. The maximum absolute atomic E-state index is 5.88. The SMILES string of the molecule is Cc1cc(SCC(CN)c2ccccc2)n(C)n1. The summed E-state index contributed by atoms with van der Waals surface area (Å²) >= 11 is 1.82. The minimum Gasteiger partial charge on any atom is -0.330 e. The van der Waals surface area contributed by atoms with Gasteiger partial charge in [-0.15, -0.1) is 11.8 Å². The zero-order valence-electron chi connectivity index (χ0n) is 10.8. The molecule has 2 N–H and O–H groups in total. The zero-order chi connectivity index (χ0) is 13.0. The van der Waals surface area contributed by atoms with E-state index in [0.29, 0.717) is 12.5 Å². The van der Waals surface area contributed by atoms with E-state index in [-0.39, 0.29) is 0 Å². The Hall–Kier alpha value is -1.26. The number of rotatable bonds is 5. The highest BCUT2D eigenvalue weighted by molar-refractivity contribution is 7.99. The first-order valence-corrected chi connectivity index (χ1v) is 7.07. The fraction of sp³-hybridized carbons (Fsp3) is 0.357. The number of aryl methyl sites for hydroxylation is 2. The normalized spacial score (nSPS) is 12.6. The number of benzene rings is 1.